The molecule has 0 saturated heterocycles. The Kier molecular flexibility index (Phi) is 6.35. The van der Waals surface area contributed by atoms with Crippen molar-refractivity contribution in [3.8, 4) is 0 Å². The van der Waals surface area contributed by atoms with Gasteiger partial charge in [0.25, 0.3) is 5.91 Å². The summed E-state index contributed by atoms with van der Waals surface area (Å²) in [6.45, 7) is 4.15. The summed E-state index contributed by atoms with van der Waals surface area (Å²) in [5.74, 6) is -0.0420. The molecule has 0 heterocycles. The molecule has 0 bridgehead atoms. The predicted octanol–water partition coefficient (Wildman–Crippen LogP) is 4.90. The van der Waals surface area contributed by atoms with Crippen LogP contribution in [0.4, 0.5) is 0 Å². The highest BCUT2D eigenvalue weighted by atomic mass is 79.9. The Balaban J connectivity index is 2.87. The Morgan fingerprint density at radius 2 is 2.06 bits per heavy atom. The SMILES string of the molecule is CCC(C)(CCBr)NC(=O)c1ccc(Br)cc1Br. The lowest BCUT2D eigenvalue weighted by Gasteiger charge is -2.29. The molecule has 1 aromatic rings. The molecule has 0 aliphatic heterocycles. The minimum Gasteiger partial charge on any atom is -0.347 e. The lowest BCUT2D eigenvalue weighted by molar-refractivity contribution is 0.0901. The van der Waals surface area contributed by atoms with Gasteiger partial charge in [-0.25, -0.2) is 0 Å². The monoisotopic (exact) mass is 439 g/mol. The van der Waals surface area contributed by atoms with Gasteiger partial charge >= 0.3 is 0 Å². The maximum Gasteiger partial charge on any atom is 0.252 e. The second-order valence-electron chi connectivity index (χ2n) is 4.43. The van der Waals surface area contributed by atoms with E-state index in [1.807, 2.05) is 18.2 Å². The maximum absolute atomic E-state index is 12.3. The third-order valence-corrected chi connectivity index (χ3v) is 4.56. The quantitative estimate of drug-likeness (QED) is 0.647. The van der Waals surface area contributed by atoms with E-state index >= 15 is 0 Å². The third-order valence-electron chi connectivity index (χ3n) is 3.02. The van der Waals surface area contributed by atoms with Crippen LogP contribution < -0.4 is 5.32 Å². The highest BCUT2D eigenvalue weighted by Gasteiger charge is 2.24. The third kappa shape index (κ3) is 4.35. The zero-order valence-corrected chi connectivity index (χ0v) is 15.2. The lowest BCUT2D eigenvalue weighted by atomic mass is 9.95. The van der Waals surface area contributed by atoms with Gasteiger partial charge in [0.2, 0.25) is 0 Å². The van der Waals surface area contributed by atoms with E-state index < -0.39 is 0 Å². The van der Waals surface area contributed by atoms with Gasteiger partial charge in [-0.2, -0.15) is 0 Å². The number of halogens is 3. The minimum atomic E-state index is -0.174. The fourth-order valence-electron chi connectivity index (χ4n) is 1.55. The van der Waals surface area contributed by atoms with Gasteiger partial charge in [-0.05, 0) is 53.9 Å². The number of amides is 1. The molecule has 1 atom stereocenters. The van der Waals surface area contributed by atoms with Gasteiger partial charge in [-0.15, -0.1) is 0 Å². The molecule has 0 aliphatic carbocycles. The normalized spacial score (nSPS) is 14.1. The van der Waals surface area contributed by atoms with Crippen LogP contribution in [0, 0.1) is 0 Å². The van der Waals surface area contributed by atoms with Gasteiger partial charge in [0.05, 0.1) is 5.56 Å². The summed E-state index contributed by atoms with van der Waals surface area (Å²) in [4.78, 5) is 12.3. The highest BCUT2D eigenvalue weighted by Crippen LogP contribution is 2.23. The number of carbonyl (C=O) groups is 1. The molecule has 0 fully saturated rings. The average Bonchev–Trinajstić information content (AvgIpc) is 2.28. The number of benzene rings is 1. The molecule has 1 unspecified atom stereocenters. The Bertz CT molecular complexity index is 436. The molecule has 2 nitrogen and oxygen atoms in total. The first-order valence-corrected chi connectivity index (χ1v) is 8.46. The van der Waals surface area contributed by atoms with Crippen LogP contribution in [-0.4, -0.2) is 16.8 Å². The maximum atomic E-state index is 12.3. The van der Waals surface area contributed by atoms with Crippen LogP contribution in [0.2, 0.25) is 0 Å². The molecule has 1 N–H and O–H groups in total. The summed E-state index contributed by atoms with van der Waals surface area (Å²) in [7, 11) is 0. The fourth-order valence-corrected chi connectivity index (χ4v) is 3.65. The summed E-state index contributed by atoms with van der Waals surface area (Å²) in [6, 6.07) is 5.56. The number of hydrogen-bond donors (Lipinski definition) is 1. The minimum absolute atomic E-state index is 0.0420. The van der Waals surface area contributed by atoms with Crippen molar-refractivity contribution in [3.63, 3.8) is 0 Å². The number of hydrogen-bond acceptors (Lipinski definition) is 1. The molecule has 0 radical (unpaired) electrons. The second kappa shape index (κ2) is 7.06. The highest BCUT2D eigenvalue weighted by molar-refractivity contribution is 9.11. The summed E-state index contributed by atoms with van der Waals surface area (Å²) >= 11 is 10.2. The van der Waals surface area contributed by atoms with Crippen molar-refractivity contribution in [2.45, 2.75) is 32.2 Å². The molecule has 100 valence electrons. The van der Waals surface area contributed by atoms with E-state index in [-0.39, 0.29) is 11.4 Å². The van der Waals surface area contributed by atoms with Crippen LogP contribution in [0.5, 0.6) is 0 Å². The summed E-state index contributed by atoms with van der Waals surface area (Å²) < 4.78 is 1.75. The Labute approximate surface area is 133 Å². The Hall–Kier alpha value is 0.130. The zero-order chi connectivity index (χ0) is 13.8. The lowest BCUT2D eigenvalue weighted by Crippen LogP contribution is -2.45. The van der Waals surface area contributed by atoms with Gasteiger partial charge in [0.1, 0.15) is 0 Å². The number of carbonyl (C=O) groups excluding carboxylic acids is 1. The van der Waals surface area contributed by atoms with E-state index in [1.165, 1.54) is 0 Å². The first kappa shape index (κ1) is 16.2. The molecule has 1 aromatic carbocycles. The van der Waals surface area contributed by atoms with E-state index in [2.05, 4.69) is 67.0 Å². The number of alkyl halides is 1. The molecular weight excluding hydrogens is 426 g/mol. The van der Waals surface area contributed by atoms with Gasteiger partial charge in [0.15, 0.2) is 0 Å². The first-order chi connectivity index (χ1) is 8.41. The van der Waals surface area contributed by atoms with Crippen molar-refractivity contribution in [1.82, 2.24) is 5.32 Å². The molecular formula is C13H16Br3NO. The van der Waals surface area contributed by atoms with Crippen molar-refractivity contribution < 1.29 is 4.79 Å². The van der Waals surface area contributed by atoms with Crippen LogP contribution in [0.1, 0.15) is 37.0 Å². The van der Waals surface area contributed by atoms with E-state index in [4.69, 9.17) is 0 Å². The summed E-state index contributed by atoms with van der Waals surface area (Å²) in [5, 5.41) is 3.98. The van der Waals surface area contributed by atoms with E-state index in [9.17, 15) is 4.79 Å². The van der Waals surface area contributed by atoms with Crippen molar-refractivity contribution in [1.29, 1.82) is 0 Å². The van der Waals surface area contributed by atoms with Crippen LogP contribution in [0.15, 0.2) is 27.1 Å². The van der Waals surface area contributed by atoms with Gasteiger partial charge in [-0.3, -0.25) is 4.79 Å². The molecule has 0 aliphatic rings. The Morgan fingerprint density at radius 3 is 2.56 bits per heavy atom. The van der Waals surface area contributed by atoms with Crippen LogP contribution >= 0.6 is 47.8 Å². The van der Waals surface area contributed by atoms with E-state index in [0.29, 0.717) is 5.56 Å². The molecule has 0 aromatic heterocycles. The molecule has 1 amide bonds. The standard InChI is InChI=1S/C13H16Br3NO/c1-3-13(2,6-7-14)17-12(18)10-5-4-9(15)8-11(10)16/h4-5,8H,3,6-7H2,1-2H3,(H,17,18). The van der Waals surface area contributed by atoms with Gasteiger partial charge < -0.3 is 5.32 Å². The van der Waals surface area contributed by atoms with Crippen LogP contribution in [0.25, 0.3) is 0 Å². The largest absolute Gasteiger partial charge is 0.347 e. The van der Waals surface area contributed by atoms with Crippen molar-refractivity contribution in [3.05, 3.63) is 32.7 Å². The summed E-state index contributed by atoms with van der Waals surface area (Å²) in [6.07, 6.45) is 1.81. The van der Waals surface area contributed by atoms with Crippen molar-refractivity contribution >= 4 is 53.7 Å². The molecule has 5 heteroatoms. The topological polar surface area (TPSA) is 29.1 Å². The van der Waals surface area contributed by atoms with E-state index in [0.717, 1.165) is 27.1 Å². The Morgan fingerprint density at radius 1 is 1.39 bits per heavy atom. The molecule has 1 rings (SSSR count). The van der Waals surface area contributed by atoms with Crippen LogP contribution in [-0.2, 0) is 0 Å². The zero-order valence-electron chi connectivity index (χ0n) is 10.4. The molecule has 0 saturated carbocycles. The number of rotatable bonds is 5. The van der Waals surface area contributed by atoms with Gasteiger partial charge in [-0.1, -0.05) is 38.8 Å². The second-order valence-corrected chi connectivity index (χ2v) is 6.99. The fraction of sp³-hybridized carbons (Fsp3) is 0.462. The summed E-state index contributed by atoms with van der Waals surface area (Å²) in [5.41, 5.74) is 0.486. The van der Waals surface area contributed by atoms with Crippen molar-refractivity contribution in [2.75, 3.05) is 5.33 Å². The molecule has 18 heavy (non-hydrogen) atoms. The van der Waals surface area contributed by atoms with Crippen LogP contribution in [0.3, 0.4) is 0 Å². The number of nitrogens with one attached hydrogen (secondary N) is 1. The first-order valence-electron chi connectivity index (χ1n) is 5.75. The van der Waals surface area contributed by atoms with Crippen molar-refractivity contribution in [2.24, 2.45) is 0 Å². The van der Waals surface area contributed by atoms with E-state index in [1.54, 1.807) is 0 Å². The van der Waals surface area contributed by atoms with Gasteiger partial charge in [0, 0.05) is 19.8 Å². The smallest absolute Gasteiger partial charge is 0.252 e. The average molecular weight is 442 g/mol. The predicted molar refractivity (Wildman–Crippen MR) is 86.4 cm³/mol. The molecule has 0 spiro atoms.